The molecule has 0 bridgehead atoms. The minimum absolute atomic E-state index is 0.396. The van der Waals surface area contributed by atoms with Gasteiger partial charge >= 0.3 is 0 Å². The summed E-state index contributed by atoms with van der Waals surface area (Å²) in [5.41, 5.74) is 6.37. The van der Waals surface area contributed by atoms with Crippen molar-refractivity contribution < 1.29 is 0 Å². The molecule has 7 heteroatoms. The van der Waals surface area contributed by atoms with Gasteiger partial charge in [0.05, 0.1) is 12.6 Å². The lowest BCUT2D eigenvalue weighted by molar-refractivity contribution is 0.135. The second-order valence-electron chi connectivity index (χ2n) is 12.3. The number of hydrogen-bond donors (Lipinski definition) is 3. The molecule has 1 aliphatic carbocycles. The van der Waals surface area contributed by atoms with Gasteiger partial charge in [0, 0.05) is 37.8 Å². The average Bonchev–Trinajstić information content (AvgIpc) is 3.49. The van der Waals surface area contributed by atoms with Crippen LogP contribution in [-0.4, -0.2) is 83.5 Å². The van der Waals surface area contributed by atoms with Gasteiger partial charge in [-0.2, -0.15) is 0 Å². The molecule has 7 nitrogen and oxygen atoms in total. The molecular formula is C27H51N7. The number of hydrogen-bond acceptors (Lipinski definition) is 5. The molecule has 0 radical (unpaired) electrons. The van der Waals surface area contributed by atoms with E-state index >= 15 is 0 Å². The molecule has 3 heterocycles. The molecule has 194 valence electrons. The van der Waals surface area contributed by atoms with Gasteiger partial charge < -0.3 is 20.9 Å². The van der Waals surface area contributed by atoms with Crippen molar-refractivity contribution in [2.75, 3.05) is 32.7 Å². The van der Waals surface area contributed by atoms with Crippen molar-refractivity contribution in [2.24, 2.45) is 28.5 Å². The number of rotatable bonds is 10. The Bertz CT molecular complexity index is 699. The fourth-order valence-electron chi connectivity index (χ4n) is 6.83. The van der Waals surface area contributed by atoms with Crippen LogP contribution < -0.4 is 11.1 Å². The van der Waals surface area contributed by atoms with Gasteiger partial charge in [-0.25, -0.2) is 0 Å². The highest BCUT2D eigenvalue weighted by molar-refractivity contribution is 5.80. The van der Waals surface area contributed by atoms with Crippen molar-refractivity contribution in [3.63, 3.8) is 0 Å². The van der Waals surface area contributed by atoms with E-state index in [0.717, 1.165) is 44.5 Å². The molecule has 0 spiro atoms. The van der Waals surface area contributed by atoms with E-state index < -0.39 is 0 Å². The van der Waals surface area contributed by atoms with Gasteiger partial charge in [0.15, 0.2) is 11.9 Å². The van der Waals surface area contributed by atoms with Crippen LogP contribution in [0.3, 0.4) is 0 Å². The standard InChI is InChI=1S/C27H51N7/c1-19(2)13-23-15-30-26(28)33(23)17-22-11-8-12-32(22)16-24(14-21-9-6-5-7-10-21)34-18-25(20(3)4)31-27(34)29/h19-25H,5-18H2,1-4H3,(H2,28,30)(H2,29,31)/t22-,23+,24+,25?/m0/s1. The third kappa shape index (κ3) is 6.19. The normalized spacial score (nSPS) is 30.0. The molecule has 1 unspecified atom stereocenters. The van der Waals surface area contributed by atoms with Gasteiger partial charge in [-0.3, -0.25) is 15.3 Å². The molecule has 4 atom stereocenters. The second kappa shape index (κ2) is 11.5. The van der Waals surface area contributed by atoms with E-state index in [2.05, 4.69) is 52.7 Å². The Morgan fingerprint density at radius 3 is 2.47 bits per heavy atom. The molecule has 1 saturated carbocycles. The number of nitrogens with two attached hydrogens (primary N) is 1. The molecule has 0 aromatic rings. The fourth-order valence-corrected chi connectivity index (χ4v) is 6.83. The largest absolute Gasteiger partial charge is 0.370 e. The first kappa shape index (κ1) is 25.6. The molecule has 0 aromatic carbocycles. The number of aliphatic imine (C=N–C) groups is 1. The third-order valence-electron chi connectivity index (χ3n) is 8.87. The summed E-state index contributed by atoms with van der Waals surface area (Å²) in [6.45, 7) is 14.2. The Balaban J connectivity index is 1.44. The van der Waals surface area contributed by atoms with Crippen LogP contribution in [0.4, 0.5) is 0 Å². The van der Waals surface area contributed by atoms with Gasteiger partial charge in [-0.15, -0.1) is 0 Å². The monoisotopic (exact) mass is 473 g/mol. The highest BCUT2D eigenvalue weighted by atomic mass is 15.4. The molecule has 0 aromatic heterocycles. The quantitative estimate of drug-likeness (QED) is 0.451. The van der Waals surface area contributed by atoms with Gasteiger partial charge in [0.1, 0.15) is 0 Å². The van der Waals surface area contributed by atoms with Crippen molar-refractivity contribution in [3.05, 3.63) is 0 Å². The van der Waals surface area contributed by atoms with Crippen molar-refractivity contribution >= 4 is 11.9 Å². The summed E-state index contributed by atoms with van der Waals surface area (Å²) in [7, 11) is 0. The molecule has 0 amide bonds. The highest BCUT2D eigenvalue weighted by Crippen LogP contribution is 2.31. The molecule has 3 fully saturated rings. The van der Waals surface area contributed by atoms with Crippen LogP contribution >= 0.6 is 0 Å². The summed E-state index contributed by atoms with van der Waals surface area (Å²) in [4.78, 5) is 12.2. The molecule has 3 aliphatic heterocycles. The average molecular weight is 474 g/mol. The maximum Gasteiger partial charge on any atom is 0.191 e. The Morgan fingerprint density at radius 2 is 1.79 bits per heavy atom. The highest BCUT2D eigenvalue weighted by Gasteiger charge is 2.38. The number of likely N-dealkylation sites (tertiary alicyclic amines) is 1. The molecule has 34 heavy (non-hydrogen) atoms. The van der Waals surface area contributed by atoms with Crippen molar-refractivity contribution in [3.8, 4) is 0 Å². The first-order valence-electron chi connectivity index (χ1n) is 14.2. The van der Waals surface area contributed by atoms with E-state index in [-0.39, 0.29) is 0 Å². The summed E-state index contributed by atoms with van der Waals surface area (Å²) < 4.78 is 0. The summed E-state index contributed by atoms with van der Waals surface area (Å²) in [6.07, 6.45) is 11.8. The maximum absolute atomic E-state index is 8.76. The Kier molecular flexibility index (Phi) is 8.65. The predicted molar refractivity (Wildman–Crippen MR) is 142 cm³/mol. The first-order valence-corrected chi connectivity index (χ1v) is 14.2. The fraction of sp³-hybridized carbons (Fsp3) is 0.926. The summed E-state index contributed by atoms with van der Waals surface area (Å²) in [6, 6.07) is 1.83. The molecule has 4 N–H and O–H groups in total. The Hall–Kier alpha value is -1.50. The zero-order valence-electron chi connectivity index (χ0n) is 22.3. The summed E-state index contributed by atoms with van der Waals surface area (Å²) >= 11 is 0. The van der Waals surface area contributed by atoms with Gasteiger partial charge in [-0.1, -0.05) is 59.8 Å². The van der Waals surface area contributed by atoms with Gasteiger partial charge in [-0.05, 0) is 50.0 Å². The molecule has 4 aliphatic rings. The van der Waals surface area contributed by atoms with Crippen molar-refractivity contribution in [1.29, 1.82) is 5.41 Å². The van der Waals surface area contributed by atoms with Crippen LogP contribution in [0.15, 0.2) is 4.99 Å². The number of nitrogens with zero attached hydrogens (tertiary/aromatic N) is 4. The van der Waals surface area contributed by atoms with E-state index in [1.807, 2.05) is 0 Å². The van der Waals surface area contributed by atoms with Gasteiger partial charge in [0.2, 0.25) is 0 Å². The van der Waals surface area contributed by atoms with Crippen LogP contribution in [-0.2, 0) is 0 Å². The zero-order valence-corrected chi connectivity index (χ0v) is 22.3. The first-order chi connectivity index (χ1) is 16.3. The topological polar surface area (TPSA) is 84.0 Å². The smallest absolute Gasteiger partial charge is 0.191 e. The maximum atomic E-state index is 8.76. The van der Waals surface area contributed by atoms with E-state index in [9.17, 15) is 0 Å². The Labute approximate surface area is 208 Å². The summed E-state index contributed by atoms with van der Waals surface area (Å²) in [5.74, 6) is 3.44. The van der Waals surface area contributed by atoms with E-state index in [1.165, 1.54) is 57.9 Å². The lowest BCUT2D eigenvalue weighted by Crippen LogP contribution is -2.52. The predicted octanol–water partition coefficient (Wildman–Crippen LogP) is 3.70. The zero-order chi connectivity index (χ0) is 24.2. The third-order valence-corrected chi connectivity index (χ3v) is 8.87. The number of guanidine groups is 2. The van der Waals surface area contributed by atoms with Gasteiger partial charge in [0.25, 0.3) is 0 Å². The van der Waals surface area contributed by atoms with Crippen LogP contribution in [0, 0.1) is 23.2 Å². The Morgan fingerprint density at radius 1 is 1.03 bits per heavy atom. The van der Waals surface area contributed by atoms with Crippen LogP contribution in [0.2, 0.25) is 0 Å². The minimum Gasteiger partial charge on any atom is -0.370 e. The van der Waals surface area contributed by atoms with Crippen LogP contribution in [0.5, 0.6) is 0 Å². The van der Waals surface area contributed by atoms with Crippen LogP contribution in [0.1, 0.15) is 85.5 Å². The van der Waals surface area contributed by atoms with Crippen molar-refractivity contribution in [1.82, 2.24) is 20.0 Å². The summed E-state index contributed by atoms with van der Waals surface area (Å²) in [5, 5.41) is 12.3. The SMILES string of the molecule is CC(C)C[C@@H]1CN=C(N)N1C[C@@H]1CCCN1C[C@@H](CC1CCCCC1)N1CC(C(C)C)NC1=N. The lowest BCUT2D eigenvalue weighted by atomic mass is 9.84. The number of nitrogens with one attached hydrogen (secondary N) is 2. The van der Waals surface area contributed by atoms with E-state index in [0.29, 0.717) is 42.0 Å². The minimum atomic E-state index is 0.396. The van der Waals surface area contributed by atoms with Crippen molar-refractivity contribution in [2.45, 2.75) is 110 Å². The molecular weight excluding hydrogens is 422 g/mol. The lowest BCUT2D eigenvalue weighted by Gasteiger charge is -2.39. The molecule has 4 rings (SSSR count). The molecule has 2 saturated heterocycles. The van der Waals surface area contributed by atoms with Crippen LogP contribution in [0.25, 0.3) is 0 Å². The van der Waals surface area contributed by atoms with E-state index in [4.69, 9.17) is 11.1 Å². The van der Waals surface area contributed by atoms with E-state index in [1.54, 1.807) is 0 Å². The second-order valence-corrected chi connectivity index (χ2v) is 12.3.